The predicted molar refractivity (Wildman–Crippen MR) is 103 cm³/mol. The molecule has 1 aromatic carbocycles. The van der Waals surface area contributed by atoms with Crippen molar-refractivity contribution in [1.82, 2.24) is 25.4 Å². The molecule has 2 N–H and O–H groups in total. The highest BCUT2D eigenvalue weighted by molar-refractivity contribution is 5.73. The summed E-state index contributed by atoms with van der Waals surface area (Å²) in [6, 6.07) is 13.1. The third kappa shape index (κ3) is 5.57. The first-order chi connectivity index (χ1) is 13.2. The Kier molecular flexibility index (Phi) is 6.40. The molecule has 7 nitrogen and oxygen atoms in total. The topological polar surface area (TPSA) is 81.1 Å². The number of hydrogen-bond donors (Lipinski definition) is 2. The van der Waals surface area contributed by atoms with Gasteiger partial charge in [0.15, 0.2) is 5.82 Å². The van der Waals surface area contributed by atoms with Gasteiger partial charge in [0.25, 0.3) is 0 Å². The van der Waals surface area contributed by atoms with E-state index in [1.54, 1.807) is 17.1 Å². The summed E-state index contributed by atoms with van der Waals surface area (Å²) in [4.78, 5) is 16.3. The molecule has 0 aliphatic heterocycles. The first-order valence-corrected chi connectivity index (χ1v) is 8.93. The summed E-state index contributed by atoms with van der Waals surface area (Å²) in [5, 5.41) is 9.85. The molecule has 3 aromatic rings. The van der Waals surface area contributed by atoms with Crippen molar-refractivity contribution >= 4 is 6.03 Å². The van der Waals surface area contributed by atoms with Crippen LogP contribution in [-0.4, -0.2) is 27.4 Å². The molecule has 0 radical (unpaired) electrons. The van der Waals surface area contributed by atoms with Crippen LogP contribution in [0.5, 0.6) is 5.75 Å². The molecular weight excluding hydrogens is 342 g/mol. The minimum absolute atomic E-state index is 0.223. The van der Waals surface area contributed by atoms with Gasteiger partial charge in [-0.1, -0.05) is 19.1 Å². The van der Waals surface area contributed by atoms with E-state index in [9.17, 15) is 4.79 Å². The van der Waals surface area contributed by atoms with E-state index < -0.39 is 0 Å². The molecule has 2 aromatic heterocycles. The smallest absolute Gasteiger partial charge is 0.315 e. The normalized spacial score (nSPS) is 10.4. The first-order valence-electron chi connectivity index (χ1n) is 8.93. The van der Waals surface area contributed by atoms with Gasteiger partial charge in [0.05, 0.1) is 6.61 Å². The van der Waals surface area contributed by atoms with Crippen LogP contribution in [0.1, 0.15) is 24.5 Å². The fourth-order valence-corrected chi connectivity index (χ4v) is 2.45. The number of nitrogens with one attached hydrogen (secondary N) is 2. The number of pyridine rings is 1. The summed E-state index contributed by atoms with van der Waals surface area (Å²) in [6.07, 6.45) is 6.20. The molecule has 2 amide bonds. The Bertz CT molecular complexity index is 847. The summed E-state index contributed by atoms with van der Waals surface area (Å²) in [7, 11) is 0. The number of hydrogen-bond acceptors (Lipinski definition) is 4. The van der Waals surface area contributed by atoms with Crippen molar-refractivity contribution in [2.24, 2.45) is 0 Å². The quantitative estimate of drug-likeness (QED) is 0.643. The highest BCUT2D eigenvalue weighted by Crippen LogP contribution is 2.12. The maximum atomic E-state index is 12.0. The summed E-state index contributed by atoms with van der Waals surface area (Å²) in [5.41, 5.74) is 1.96. The number of carbonyl (C=O) groups excluding carboxylic acids is 1. The van der Waals surface area contributed by atoms with E-state index in [0.717, 1.165) is 23.3 Å². The van der Waals surface area contributed by atoms with E-state index in [-0.39, 0.29) is 6.03 Å². The molecule has 140 valence electrons. The lowest BCUT2D eigenvalue weighted by molar-refractivity contribution is 0.240. The van der Waals surface area contributed by atoms with Crippen LogP contribution < -0.4 is 15.4 Å². The van der Waals surface area contributed by atoms with Gasteiger partial charge in [-0.2, -0.15) is 5.10 Å². The van der Waals surface area contributed by atoms with Crippen molar-refractivity contribution in [2.45, 2.75) is 26.4 Å². The van der Waals surface area contributed by atoms with E-state index in [0.29, 0.717) is 25.5 Å². The van der Waals surface area contributed by atoms with Crippen molar-refractivity contribution in [3.63, 3.8) is 0 Å². The summed E-state index contributed by atoms with van der Waals surface area (Å²) in [5.74, 6) is 1.56. The van der Waals surface area contributed by atoms with E-state index in [1.165, 1.54) is 0 Å². The molecule has 7 heteroatoms. The number of amides is 2. The minimum Gasteiger partial charge on any atom is -0.494 e. The molecule has 0 aliphatic rings. The zero-order valence-electron chi connectivity index (χ0n) is 15.3. The van der Waals surface area contributed by atoms with Crippen LogP contribution in [0.25, 0.3) is 5.82 Å². The lowest BCUT2D eigenvalue weighted by atomic mass is 10.2. The molecular formula is C20H23N5O2. The number of urea groups is 1. The van der Waals surface area contributed by atoms with Crippen molar-refractivity contribution in [3.05, 3.63) is 72.2 Å². The number of ether oxygens (including phenoxy) is 1. The second-order valence-electron chi connectivity index (χ2n) is 6.00. The van der Waals surface area contributed by atoms with E-state index >= 15 is 0 Å². The lowest BCUT2D eigenvalue weighted by Crippen LogP contribution is -2.34. The van der Waals surface area contributed by atoms with Crippen LogP contribution >= 0.6 is 0 Å². The second-order valence-corrected chi connectivity index (χ2v) is 6.00. The first kappa shape index (κ1) is 18.4. The van der Waals surface area contributed by atoms with Crippen LogP contribution in [0.2, 0.25) is 0 Å². The molecule has 0 saturated carbocycles. The van der Waals surface area contributed by atoms with Gasteiger partial charge in [0, 0.05) is 31.7 Å². The zero-order valence-corrected chi connectivity index (χ0v) is 15.3. The molecule has 0 saturated heterocycles. The zero-order chi connectivity index (χ0) is 18.9. The summed E-state index contributed by atoms with van der Waals surface area (Å²) < 4.78 is 7.23. The average Bonchev–Trinajstić information content (AvgIpc) is 3.25. The van der Waals surface area contributed by atoms with Crippen molar-refractivity contribution in [3.8, 4) is 11.6 Å². The molecule has 0 atom stereocenters. The Morgan fingerprint density at radius 1 is 1.07 bits per heavy atom. The summed E-state index contributed by atoms with van der Waals surface area (Å²) >= 11 is 0. The van der Waals surface area contributed by atoms with Gasteiger partial charge < -0.3 is 15.4 Å². The minimum atomic E-state index is -0.223. The van der Waals surface area contributed by atoms with Gasteiger partial charge in [-0.25, -0.2) is 14.5 Å². The fraction of sp³-hybridized carbons (Fsp3) is 0.250. The fourth-order valence-electron chi connectivity index (χ4n) is 2.45. The number of carbonyl (C=O) groups is 1. The predicted octanol–water partition coefficient (Wildman–Crippen LogP) is 3.06. The molecule has 0 spiro atoms. The standard InChI is InChI=1S/C20H23N5O2/c1-2-12-27-18-6-4-16(5-7-18)14-22-20(26)23-15-17-8-10-21-19(13-17)25-11-3-9-24-25/h3-11,13H,2,12,14-15H2,1H3,(H2,22,23,26). The molecule has 0 bridgehead atoms. The summed E-state index contributed by atoms with van der Waals surface area (Å²) in [6.45, 7) is 3.64. The third-order valence-electron chi connectivity index (χ3n) is 3.85. The monoisotopic (exact) mass is 365 g/mol. The third-order valence-corrected chi connectivity index (χ3v) is 3.85. The lowest BCUT2D eigenvalue weighted by Gasteiger charge is -2.09. The van der Waals surface area contributed by atoms with Gasteiger partial charge in [-0.3, -0.25) is 0 Å². The Labute approximate surface area is 158 Å². The van der Waals surface area contributed by atoms with E-state index in [1.807, 2.05) is 48.7 Å². The largest absolute Gasteiger partial charge is 0.494 e. The van der Waals surface area contributed by atoms with E-state index in [4.69, 9.17) is 4.74 Å². The average molecular weight is 365 g/mol. The molecule has 3 rings (SSSR count). The maximum absolute atomic E-state index is 12.0. The van der Waals surface area contributed by atoms with Gasteiger partial charge in [-0.05, 0) is 47.9 Å². The molecule has 27 heavy (non-hydrogen) atoms. The number of aromatic nitrogens is 3. The van der Waals surface area contributed by atoms with Crippen molar-refractivity contribution < 1.29 is 9.53 Å². The van der Waals surface area contributed by atoms with Gasteiger partial charge in [0.2, 0.25) is 0 Å². The van der Waals surface area contributed by atoms with Crippen LogP contribution in [0, 0.1) is 0 Å². The number of benzene rings is 1. The Hall–Kier alpha value is -3.35. The maximum Gasteiger partial charge on any atom is 0.315 e. The van der Waals surface area contributed by atoms with Gasteiger partial charge in [-0.15, -0.1) is 0 Å². The van der Waals surface area contributed by atoms with E-state index in [2.05, 4.69) is 27.6 Å². The molecule has 0 aliphatic carbocycles. The highest BCUT2D eigenvalue weighted by Gasteiger charge is 2.04. The van der Waals surface area contributed by atoms with Crippen molar-refractivity contribution in [2.75, 3.05) is 6.61 Å². The van der Waals surface area contributed by atoms with Crippen LogP contribution in [-0.2, 0) is 13.1 Å². The van der Waals surface area contributed by atoms with Crippen LogP contribution in [0.4, 0.5) is 4.79 Å². The van der Waals surface area contributed by atoms with Crippen LogP contribution in [0.15, 0.2) is 61.1 Å². The second kappa shape index (κ2) is 9.38. The Morgan fingerprint density at radius 3 is 2.56 bits per heavy atom. The van der Waals surface area contributed by atoms with Crippen molar-refractivity contribution in [1.29, 1.82) is 0 Å². The number of nitrogens with zero attached hydrogens (tertiary/aromatic N) is 3. The molecule has 2 heterocycles. The highest BCUT2D eigenvalue weighted by atomic mass is 16.5. The van der Waals surface area contributed by atoms with Gasteiger partial charge >= 0.3 is 6.03 Å². The Balaban J connectivity index is 1.45. The molecule has 0 unspecified atom stereocenters. The molecule has 0 fully saturated rings. The Morgan fingerprint density at radius 2 is 1.85 bits per heavy atom. The number of rotatable bonds is 8. The van der Waals surface area contributed by atoms with Crippen LogP contribution in [0.3, 0.4) is 0 Å². The SMILES string of the molecule is CCCOc1ccc(CNC(=O)NCc2ccnc(-n3cccn3)c2)cc1. The van der Waals surface area contributed by atoms with Gasteiger partial charge in [0.1, 0.15) is 5.75 Å².